The fourth-order valence-corrected chi connectivity index (χ4v) is 4.71. The Bertz CT molecular complexity index is 1520. The van der Waals surface area contributed by atoms with Gasteiger partial charge in [-0.15, -0.1) is 0 Å². The number of amides is 2. The smallest absolute Gasteiger partial charge is 0.273 e. The van der Waals surface area contributed by atoms with Gasteiger partial charge < -0.3 is 25.2 Å². The van der Waals surface area contributed by atoms with Gasteiger partial charge in [0.2, 0.25) is 5.91 Å². The van der Waals surface area contributed by atoms with Crippen LogP contribution in [-0.2, 0) is 10.4 Å². The van der Waals surface area contributed by atoms with Gasteiger partial charge in [0, 0.05) is 31.4 Å². The summed E-state index contributed by atoms with van der Waals surface area (Å²) >= 11 is 0. The molecule has 1 saturated heterocycles. The zero-order chi connectivity index (χ0) is 27.7. The third-order valence-electron chi connectivity index (χ3n) is 6.88. The molecule has 5 rings (SSSR count). The molecule has 0 aliphatic carbocycles. The second-order valence-electron chi connectivity index (χ2n) is 10.2. The van der Waals surface area contributed by atoms with Crippen LogP contribution < -0.4 is 15.5 Å². The monoisotopic (exact) mass is 529 g/mol. The summed E-state index contributed by atoms with van der Waals surface area (Å²) in [5.41, 5.74) is 2.44. The predicted molar refractivity (Wildman–Crippen MR) is 146 cm³/mol. The molecule has 1 fully saturated rings. The number of aromatic nitrogens is 4. The molecule has 4 aromatic rings. The van der Waals surface area contributed by atoms with E-state index in [1.165, 1.54) is 12.1 Å². The van der Waals surface area contributed by atoms with E-state index in [0.717, 1.165) is 40.9 Å². The first-order valence-electron chi connectivity index (χ1n) is 12.8. The minimum absolute atomic E-state index is 0.0253. The van der Waals surface area contributed by atoms with Crippen molar-refractivity contribution in [3.05, 3.63) is 72.3 Å². The number of pyridine rings is 1. The van der Waals surface area contributed by atoms with E-state index in [1.54, 1.807) is 20.0 Å². The minimum Gasteiger partial charge on any atom is -0.382 e. The van der Waals surface area contributed by atoms with Gasteiger partial charge in [0.15, 0.2) is 22.9 Å². The van der Waals surface area contributed by atoms with Gasteiger partial charge in [-0.3, -0.25) is 14.7 Å². The van der Waals surface area contributed by atoms with Crippen LogP contribution in [0.5, 0.6) is 0 Å². The molecule has 0 saturated carbocycles. The number of nitrogens with one attached hydrogen (secondary N) is 3. The lowest BCUT2D eigenvalue weighted by molar-refractivity contribution is -0.117. The molecule has 3 aromatic heterocycles. The van der Waals surface area contributed by atoms with Crippen molar-refractivity contribution in [3.63, 3.8) is 0 Å². The molecule has 39 heavy (non-hydrogen) atoms. The molecule has 4 N–H and O–H groups in total. The summed E-state index contributed by atoms with van der Waals surface area (Å²) in [4.78, 5) is 31.0. The number of rotatable bonds is 8. The standard InChI is InChI=1S/C28H31N7O4/c1-5-23(36)31-19-11-13-35(15-19)26-24-20(10-12-29-25(24)32-33-26)18-8-6-17(7-9-18)16(2)30-27(37)21-14-22(39-34-21)28(3,4)38/h5-10,12,14,16,19,38H,1,11,13,15H2,2-4H3,(H,30,37)(H,31,36)(H,29,32,33)/t16?,19-/m1/s1. The largest absolute Gasteiger partial charge is 0.382 e. The van der Waals surface area contributed by atoms with E-state index >= 15 is 0 Å². The number of benzene rings is 1. The van der Waals surface area contributed by atoms with Gasteiger partial charge in [-0.1, -0.05) is 36.0 Å². The zero-order valence-corrected chi connectivity index (χ0v) is 22.1. The highest BCUT2D eigenvalue weighted by Gasteiger charge is 2.28. The van der Waals surface area contributed by atoms with Crippen LogP contribution in [0, 0.1) is 0 Å². The maximum atomic E-state index is 12.7. The molecule has 2 amide bonds. The maximum absolute atomic E-state index is 12.7. The number of carbonyl (C=O) groups excluding carboxylic acids is 2. The van der Waals surface area contributed by atoms with Crippen LogP contribution in [0.2, 0.25) is 0 Å². The molecule has 1 aliphatic heterocycles. The van der Waals surface area contributed by atoms with Gasteiger partial charge in [0.25, 0.3) is 5.91 Å². The lowest BCUT2D eigenvalue weighted by Gasteiger charge is -2.18. The van der Waals surface area contributed by atoms with Crippen LogP contribution in [0.25, 0.3) is 22.2 Å². The molecule has 2 atom stereocenters. The zero-order valence-electron chi connectivity index (χ0n) is 22.1. The summed E-state index contributed by atoms with van der Waals surface area (Å²) in [5, 5.41) is 28.2. The average Bonchev–Trinajstić information content (AvgIpc) is 3.67. The van der Waals surface area contributed by atoms with Crippen molar-refractivity contribution < 1.29 is 19.2 Å². The highest BCUT2D eigenvalue weighted by Crippen LogP contribution is 2.35. The number of H-pyrrole nitrogens is 1. The first-order valence-corrected chi connectivity index (χ1v) is 12.8. The first-order chi connectivity index (χ1) is 18.6. The molecule has 1 aromatic carbocycles. The van der Waals surface area contributed by atoms with Crippen LogP contribution in [0.1, 0.15) is 55.0 Å². The summed E-state index contributed by atoms with van der Waals surface area (Å²) in [6, 6.07) is 11.1. The number of hydrogen-bond donors (Lipinski definition) is 4. The lowest BCUT2D eigenvalue weighted by Crippen LogP contribution is -2.36. The fraction of sp³-hybridized carbons (Fsp3) is 0.321. The Morgan fingerprint density at radius 1 is 1.28 bits per heavy atom. The van der Waals surface area contributed by atoms with E-state index in [9.17, 15) is 14.7 Å². The number of anilines is 1. The van der Waals surface area contributed by atoms with Crippen LogP contribution in [-0.4, -0.2) is 56.4 Å². The van der Waals surface area contributed by atoms with Crippen molar-refractivity contribution in [2.45, 2.75) is 44.9 Å². The molecule has 0 radical (unpaired) electrons. The van der Waals surface area contributed by atoms with Gasteiger partial charge in [-0.05, 0) is 56.0 Å². The van der Waals surface area contributed by atoms with Crippen molar-refractivity contribution in [3.8, 4) is 11.1 Å². The third-order valence-corrected chi connectivity index (χ3v) is 6.88. The number of aliphatic hydroxyl groups is 1. The van der Waals surface area contributed by atoms with Gasteiger partial charge in [-0.25, -0.2) is 4.98 Å². The van der Waals surface area contributed by atoms with Crippen molar-refractivity contribution in [2.75, 3.05) is 18.0 Å². The van der Waals surface area contributed by atoms with Crippen molar-refractivity contribution >= 4 is 28.7 Å². The van der Waals surface area contributed by atoms with Crippen molar-refractivity contribution in [2.24, 2.45) is 0 Å². The van der Waals surface area contributed by atoms with Gasteiger partial charge >= 0.3 is 0 Å². The molecular formula is C28H31N7O4. The highest BCUT2D eigenvalue weighted by atomic mass is 16.5. The van der Waals surface area contributed by atoms with Gasteiger partial charge in [0.05, 0.1) is 11.4 Å². The minimum atomic E-state index is -1.22. The molecule has 0 spiro atoms. The summed E-state index contributed by atoms with van der Waals surface area (Å²) in [6.45, 7) is 9.94. The number of hydrogen-bond acceptors (Lipinski definition) is 8. The quantitative estimate of drug-likeness (QED) is 0.254. The SMILES string of the molecule is C=CC(=O)N[C@@H]1CCN(c2n[nH]c3nccc(-c4ccc(C(C)NC(=O)c5cc(C(C)(C)O)on5)cc4)c23)C1. The van der Waals surface area contributed by atoms with Crippen LogP contribution in [0.15, 0.2) is 59.8 Å². The Labute approximate surface area is 225 Å². The Morgan fingerprint density at radius 2 is 2.05 bits per heavy atom. The molecule has 11 heteroatoms. The fourth-order valence-electron chi connectivity index (χ4n) is 4.71. The molecule has 202 valence electrons. The second kappa shape index (κ2) is 10.3. The Morgan fingerprint density at radius 3 is 2.74 bits per heavy atom. The van der Waals surface area contributed by atoms with Crippen LogP contribution >= 0.6 is 0 Å². The van der Waals surface area contributed by atoms with E-state index in [1.807, 2.05) is 37.3 Å². The summed E-state index contributed by atoms with van der Waals surface area (Å²) < 4.78 is 5.11. The first kappa shape index (κ1) is 26.1. The molecule has 1 unspecified atom stereocenters. The number of carbonyl (C=O) groups is 2. The van der Waals surface area contributed by atoms with E-state index in [-0.39, 0.29) is 29.4 Å². The summed E-state index contributed by atoms with van der Waals surface area (Å²) in [5.74, 6) is 0.448. The molecule has 4 heterocycles. The molecular weight excluding hydrogens is 498 g/mol. The maximum Gasteiger partial charge on any atom is 0.273 e. The second-order valence-corrected chi connectivity index (χ2v) is 10.2. The predicted octanol–water partition coefficient (Wildman–Crippen LogP) is 3.21. The Kier molecular flexibility index (Phi) is 6.92. The van der Waals surface area contributed by atoms with E-state index in [0.29, 0.717) is 12.2 Å². The van der Waals surface area contributed by atoms with Gasteiger partial charge in [0.1, 0.15) is 5.60 Å². The Balaban J connectivity index is 1.33. The number of aromatic amines is 1. The summed E-state index contributed by atoms with van der Waals surface area (Å²) in [7, 11) is 0. The third kappa shape index (κ3) is 5.39. The topological polar surface area (TPSA) is 149 Å². The average molecular weight is 530 g/mol. The van der Waals surface area contributed by atoms with E-state index in [4.69, 9.17) is 4.52 Å². The number of nitrogens with zero attached hydrogens (tertiary/aromatic N) is 4. The molecule has 11 nitrogen and oxygen atoms in total. The van der Waals surface area contributed by atoms with Crippen LogP contribution in [0.3, 0.4) is 0 Å². The van der Waals surface area contributed by atoms with E-state index in [2.05, 4.69) is 42.5 Å². The highest BCUT2D eigenvalue weighted by molar-refractivity contribution is 6.01. The van der Waals surface area contributed by atoms with E-state index < -0.39 is 11.5 Å². The van der Waals surface area contributed by atoms with Crippen molar-refractivity contribution in [1.29, 1.82) is 0 Å². The van der Waals surface area contributed by atoms with Crippen molar-refractivity contribution in [1.82, 2.24) is 31.0 Å². The van der Waals surface area contributed by atoms with Crippen LogP contribution in [0.4, 0.5) is 5.82 Å². The lowest BCUT2D eigenvalue weighted by atomic mass is 9.99. The normalized spacial score (nSPS) is 16.3. The molecule has 1 aliphatic rings. The molecule has 0 bridgehead atoms. The summed E-state index contributed by atoms with van der Waals surface area (Å²) in [6.07, 6.45) is 3.84. The number of fused-ring (bicyclic) bond motifs is 1. The van der Waals surface area contributed by atoms with Gasteiger partial charge in [-0.2, -0.15) is 5.10 Å². The Hall–Kier alpha value is -4.51.